The Kier molecular flexibility index (Phi) is 7.03. The van der Waals surface area contributed by atoms with Crippen LogP contribution in [0.5, 0.6) is 17.2 Å². The van der Waals surface area contributed by atoms with E-state index in [-0.39, 0.29) is 5.78 Å². The van der Waals surface area contributed by atoms with Crippen LogP contribution in [0.3, 0.4) is 0 Å². The number of allylic oxidation sites excluding steroid dienone is 1. The van der Waals surface area contributed by atoms with Crippen molar-refractivity contribution in [3.05, 3.63) is 94.0 Å². The maximum absolute atomic E-state index is 12.7. The predicted octanol–water partition coefficient (Wildman–Crippen LogP) is 5.58. The highest BCUT2D eigenvalue weighted by Gasteiger charge is 2.14. The molecule has 0 saturated carbocycles. The van der Waals surface area contributed by atoms with Crippen LogP contribution in [0.2, 0.25) is 0 Å². The van der Waals surface area contributed by atoms with Gasteiger partial charge in [-0.3, -0.25) is 4.79 Å². The SMILES string of the molecule is COc1ccc(OC)c(C(=O)C=Cc2ccccc2OC(=O)c2ccccc2Br)c1. The third kappa shape index (κ3) is 4.96. The minimum absolute atomic E-state index is 0.266. The van der Waals surface area contributed by atoms with Gasteiger partial charge in [-0.05, 0) is 64.5 Å². The smallest absolute Gasteiger partial charge is 0.344 e. The zero-order valence-electron chi connectivity index (χ0n) is 16.4. The van der Waals surface area contributed by atoms with Crippen molar-refractivity contribution in [2.24, 2.45) is 0 Å². The quantitative estimate of drug-likeness (QED) is 0.197. The summed E-state index contributed by atoms with van der Waals surface area (Å²) in [5.41, 5.74) is 1.37. The lowest BCUT2D eigenvalue weighted by molar-refractivity contribution is 0.0733. The number of ketones is 1. The largest absolute Gasteiger partial charge is 0.497 e. The van der Waals surface area contributed by atoms with E-state index in [0.717, 1.165) is 0 Å². The van der Waals surface area contributed by atoms with Gasteiger partial charge >= 0.3 is 5.97 Å². The van der Waals surface area contributed by atoms with Gasteiger partial charge in [0.05, 0.1) is 25.3 Å². The molecular formula is C24H19BrO5. The molecule has 0 bridgehead atoms. The van der Waals surface area contributed by atoms with Crippen LogP contribution in [0.4, 0.5) is 0 Å². The Balaban J connectivity index is 1.84. The number of hydrogen-bond acceptors (Lipinski definition) is 5. The molecule has 0 spiro atoms. The normalized spacial score (nSPS) is 10.6. The highest BCUT2D eigenvalue weighted by molar-refractivity contribution is 9.10. The highest BCUT2D eigenvalue weighted by Crippen LogP contribution is 2.26. The van der Waals surface area contributed by atoms with Gasteiger partial charge in [-0.2, -0.15) is 0 Å². The van der Waals surface area contributed by atoms with Crippen molar-refractivity contribution >= 4 is 33.8 Å². The maximum atomic E-state index is 12.7. The fourth-order valence-electron chi connectivity index (χ4n) is 2.75. The van der Waals surface area contributed by atoms with Gasteiger partial charge in [0.1, 0.15) is 17.2 Å². The molecule has 3 rings (SSSR count). The second-order valence-corrected chi connectivity index (χ2v) is 7.03. The highest BCUT2D eigenvalue weighted by atomic mass is 79.9. The molecule has 0 aliphatic rings. The Hall–Kier alpha value is -3.38. The van der Waals surface area contributed by atoms with Gasteiger partial charge in [-0.1, -0.05) is 30.3 Å². The number of para-hydroxylation sites is 1. The summed E-state index contributed by atoms with van der Waals surface area (Å²) >= 11 is 3.35. The molecule has 0 aliphatic heterocycles. The van der Waals surface area contributed by atoms with E-state index >= 15 is 0 Å². The molecular weight excluding hydrogens is 448 g/mol. The van der Waals surface area contributed by atoms with Crippen molar-refractivity contribution in [1.29, 1.82) is 0 Å². The van der Waals surface area contributed by atoms with E-state index in [0.29, 0.717) is 38.4 Å². The lowest BCUT2D eigenvalue weighted by Gasteiger charge is -2.09. The van der Waals surface area contributed by atoms with Gasteiger partial charge in [-0.25, -0.2) is 4.79 Å². The third-order valence-electron chi connectivity index (χ3n) is 4.30. The van der Waals surface area contributed by atoms with Crippen LogP contribution < -0.4 is 14.2 Å². The van der Waals surface area contributed by atoms with Gasteiger partial charge in [-0.15, -0.1) is 0 Å². The van der Waals surface area contributed by atoms with E-state index in [9.17, 15) is 9.59 Å². The minimum atomic E-state index is -0.496. The summed E-state index contributed by atoms with van der Waals surface area (Å²) < 4.78 is 16.7. The van der Waals surface area contributed by atoms with Gasteiger partial charge in [0.25, 0.3) is 0 Å². The molecule has 0 amide bonds. The van der Waals surface area contributed by atoms with Crippen molar-refractivity contribution in [2.45, 2.75) is 0 Å². The standard InChI is InChI=1S/C24H19BrO5/c1-28-17-12-14-23(29-2)19(15-17)21(26)13-11-16-7-3-6-10-22(16)30-24(27)18-8-4-5-9-20(18)25/h3-15H,1-2H3. The molecule has 0 unspecified atom stereocenters. The third-order valence-corrected chi connectivity index (χ3v) is 4.99. The van der Waals surface area contributed by atoms with Crippen molar-refractivity contribution in [2.75, 3.05) is 14.2 Å². The second-order valence-electron chi connectivity index (χ2n) is 6.17. The first-order chi connectivity index (χ1) is 14.5. The zero-order valence-corrected chi connectivity index (χ0v) is 18.0. The zero-order chi connectivity index (χ0) is 21.5. The van der Waals surface area contributed by atoms with Crippen molar-refractivity contribution in [3.63, 3.8) is 0 Å². The van der Waals surface area contributed by atoms with Crippen LogP contribution >= 0.6 is 15.9 Å². The summed E-state index contributed by atoms with van der Waals surface area (Å²) in [6.45, 7) is 0. The van der Waals surface area contributed by atoms with Gasteiger partial charge in [0.15, 0.2) is 5.78 Å². The van der Waals surface area contributed by atoms with Crippen LogP contribution in [0.15, 0.2) is 77.3 Å². The first-order valence-electron chi connectivity index (χ1n) is 9.03. The number of methoxy groups -OCH3 is 2. The van der Waals surface area contributed by atoms with E-state index in [1.807, 2.05) is 6.07 Å². The Labute approximate surface area is 183 Å². The number of halogens is 1. The summed E-state index contributed by atoms with van der Waals surface area (Å²) in [5, 5.41) is 0. The number of carbonyl (C=O) groups is 2. The molecule has 0 N–H and O–H groups in total. The number of rotatable bonds is 7. The molecule has 0 heterocycles. The molecule has 3 aromatic carbocycles. The van der Waals surface area contributed by atoms with Crippen LogP contribution in [0.25, 0.3) is 6.08 Å². The van der Waals surface area contributed by atoms with E-state index in [1.165, 1.54) is 20.3 Å². The first kappa shape index (κ1) is 21.3. The lowest BCUT2D eigenvalue weighted by Crippen LogP contribution is -2.10. The fraction of sp³-hybridized carbons (Fsp3) is 0.0833. The van der Waals surface area contributed by atoms with E-state index in [1.54, 1.807) is 66.7 Å². The average molecular weight is 467 g/mol. The van der Waals surface area contributed by atoms with E-state index in [2.05, 4.69) is 15.9 Å². The van der Waals surface area contributed by atoms with Crippen LogP contribution in [-0.4, -0.2) is 26.0 Å². The summed E-state index contributed by atoms with van der Waals surface area (Å²) in [7, 11) is 3.03. The molecule has 0 fully saturated rings. The maximum Gasteiger partial charge on any atom is 0.344 e. The Morgan fingerprint density at radius 3 is 2.30 bits per heavy atom. The summed E-state index contributed by atoms with van der Waals surface area (Å²) in [6, 6.07) is 19.0. The van der Waals surface area contributed by atoms with E-state index < -0.39 is 5.97 Å². The molecule has 5 nitrogen and oxygen atoms in total. The molecule has 3 aromatic rings. The second kappa shape index (κ2) is 9.89. The molecule has 30 heavy (non-hydrogen) atoms. The number of carbonyl (C=O) groups excluding carboxylic acids is 2. The molecule has 0 aliphatic carbocycles. The lowest BCUT2D eigenvalue weighted by atomic mass is 10.1. The minimum Gasteiger partial charge on any atom is -0.497 e. The summed E-state index contributed by atoms with van der Waals surface area (Å²) in [4.78, 5) is 25.3. The molecule has 6 heteroatoms. The molecule has 0 aromatic heterocycles. The number of ether oxygens (including phenoxy) is 3. The van der Waals surface area contributed by atoms with Crippen LogP contribution in [0, 0.1) is 0 Å². The number of benzene rings is 3. The van der Waals surface area contributed by atoms with Gasteiger partial charge in [0.2, 0.25) is 0 Å². The molecule has 152 valence electrons. The van der Waals surface area contributed by atoms with Crippen LogP contribution in [0.1, 0.15) is 26.3 Å². The fourth-order valence-corrected chi connectivity index (χ4v) is 3.20. The van der Waals surface area contributed by atoms with Crippen molar-refractivity contribution in [1.82, 2.24) is 0 Å². The Morgan fingerprint density at radius 1 is 0.833 bits per heavy atom. The van der Waals surface area contributed by atoms with Gasteiger partial charge in [0, 0.05) is 10.0 Å². The van der Waals surface area contributed by atoms with Crippen LogP contribution in [-0.2, 0) is 0 Å². The number of hydrogen-bond donors (Lipinski definition) is 0. The Morgan fingerprint density at radius 2 is 1.57 bits per heavy atom. The van der Waals surface area contributed by atoms with E-state index in [4.69, 9.17) is 14.2 Å². The average Bonchev–Trinajstić information content (AvgIpc) is 2.78. The monoisotopic (exact) mass is 466 g/mol. The molecule has 0 radical (unpaired) electrons. The Bertz CT molecular complexity index is 1100. The first-order valence-corrected chi connectivity index (χ1v) is 9.83. The summed E-state index contributed by atoms with van der Waals surface area (Å²) in [6.07, 6.45) is 3.01. The van der Waals surface area contributed by atoms with Crippen molar-refractivity contribution in [3.8, 4) is 17.2 Å². The van der Waals surface area contributed by atoms with Gasteiger partial charge < -0.3 is 14.2 Å². The number of esters is 1. The predicted molar refractivity (Wildman–Crippen MR) is 118 cm³/mol. The molecule has 0 saturated heterocycles. The molecule has 0 atom stereocenters. The summed E-state index contributed by atoms with van der Waals surface area (Å²) in [5.74, 6) is 0.580. The topological polar surface area (TPSA) is 61.8 Å². The van der Waals surface area contributed by atoms with Crippen molar-refractivity contribution < 1.29 is 23.8 Å².